The summed E-state index contributed by atoms with van der Waals surface area (Å²) in [4.78, 5) is 42.4. The summed E-state index contributed by atoms with van der Waals surface area (Å²) in [6.45, 7) is -0.141. The van der Waals surface area contributed by atoms with Crippen molar-refractivity contribution in [1.29, 1.82) is 0 Å². The zero-order valence-electron chi connectivity index (χ0n) is 16.1. The number of aromatic nitrogens is 1. The normalized spacial score (nSPS) is 10.2. The summed E-state index contributed by atoms with van der Waals surface area (Å²) in [6.07, 6.45) is 3.03. The SMILES string of the molecule is CN(CC(=O)Nc1cccc(Cl)c1)C(=O)c1cccc(NC(=O)c2cccnc2)c1. The number of hydrogen-bond acceptors (Lipinski definition) is 4. The van der Waals surface area contributed by atoms with Gasteiger partial charge in [0.1, 0.15) is 0 Å². The molecule has 0 aliphatic carbocycles. The summed E-state index contributed by atoms with van der Waals surface area (Å²) in [5.41, 5.74) is 1.76. The van der Waals surface area contributed by atoms with Crippen LogP contribution in [0.25, 0.3) is 0 Å². The summed E-state index contributed by atoms with van der Waals surface area (Å²) in [7, 11) is 1.53. The van der Waals surface area contributed by atoms with Gasteiger partial charge in [-0.15, -0.1) is 0 Å². The molecule has 2 aromatic carbocycles. The van der Waals surface area contributed by atoms with Crippen LogP contribution in [0.3, 0.4) is 0 Å². The summed E-state index contributed by atoms with van der Waals surface area (Å²) in [5, 5.41) is 5.93. The fraction of sp³-hybridized carbons (Fsp3) is 0.0909. The number of amides is 3. The Morgan fingerprint density at radius 2 is 1.63 bits per heavy atom. The molecule has 30 heavy (non-hydrogen) atoms. The molecule has 3 amide bonds. The molecule has 0 saturated heterocycles. The van der Waals surface area contributed by atoms with E-state index < -0.39 is 0 Å². The molecule has 0 aliphatic heterocycles. The van der Waals surface area contributed by atoms with Gasteiger partial charge in [-0.2, -0.15) is 0 Å². The average molecular weight is 423 g/mol. The first-order valence-corrected chi connectivity index (χ1v) is 9.42. The van der Waals surface area contributed by atoms with Gasteiger partial charge in [0.25, 0.3) is 11.8 Å². The number of hydrogen-bond donors (Lipinski definition) is 2. The van der Waals surface area contributed by atoms with Gasteiger partial charge in [0.2, 0.25) is 5.91 Å². The molecule has 1 heterocycles. The fourth-order valence-corrected chi connectivity index (χ4v) is 2.89. The van der Waals surface area contributed by atoms with Crippen LogP contribution in [0.1, 0.15) is 20.7 Å². The first kappa shape index (κ1) is 21.0. The van der Waals surface area contributed by atoms with Crippen LogP contribution in [-0.4, -0.2) is 41.2 Å². The second kappa shape index (κ2) is 9.67. The Morgan fingerprint density at radius 3 is 2.33 bits per heavy atom. The van der Waals surface area contributed by atoms with Crippen molar-refractivity contribution >= 4 is 40.7 Å². The highest BCUT2D eigenvalue weighted by Crippen LogP contribution is 2.16. The van der Waals surface area contributed by atoms with Gasteiger partial charge in [0, 0.05) is 41.4 Å². The number of benzene rings is 2. The zero-order chi connectivity index (χ0) is 21.5. The molecular weight excluding hydrogens is 404 g/mol. The average Bonchev–Trinajstić information content (AvgIpc) is 2.74. The molecule has 0 radical (unpaired) electrons. The largest absolute Gasteiger partial charge is 0.332 e. The van der Waals surface area contributed by atoms with Crippen LogP contribution in [0.2, 0.25) is 5.02 Å². The minimum Gasteiger partial charge on any atom is -0.332 e. The summed E-state index contributed by atoms with van der Waals surface area (Å²) < 4.78 is 0. The number of carbonyl (C=O) groups excluding carboxylic acids is 3. The van der Waals surface area contributed by atoms with E-state index in [2.05, 4.69) is 15.6 Å². The van der Waals surface area contributed by atoms with E-state index in [0.717, 1.165) is 0 Å². The molecule has 7 nitrogen and oxygen atoms in total. The number of nitrogens with zero attached hydrogens (tertiary/aromatic N) is 2. The van der Waals surface area contributed by atoms with E-state index in [0.29, 0.717) is 27.5 Å². The van der Waals surface area contributed by atoms with Crippen LogP contribution >= 0.6 is 11.6 Å². The third kappa shape index (κ3) is 5.65. The Morgan fingerprint density at radius 1 is 0.933 bits per heavy atom. The summed E-state index contributed by atoms with van der Waals surface area (Å²) in [6, 6.07) is 16.6. The molecule has 3 aromatic rings. The van der Waals surface area contributed by atoms with Gasteiger partial charge in [-0.25, -0.2) is 0 Å². The van der Waals surface area contributed by atoms with Gasteiger partial charge in [-0.1, -0.05) is 23.7 Å². The number of rotatable bonds is 6. The molecule has 152 valence electrons. The van der Waals surface area contributed by atoms with Crippen molar-refractivity contribution in [3.63, 3.8) is 0 Å². The number of halogens is 1. The van der Waals surface area contributed by atoms with Gasteiger partial charge < -0.3 is 15.5 Å². The monoisotopic (exact) mass is 422 g/mol. The van der Waals surface area contributed by atoms with E-state index in [1.807, 2.05) is 0 Å². The lowest BCUT2D eigenvalue weighted by Crippen LogP contribution is -2.35. The molecule has 8 heteroatoms. The number of anilines is 2. The van der Waals surface area contributed by atoms with Gasteiger partial charge >= 0.3 is 0 Å². The highest BCUT2D eigenvalue weighted by molar-refractivity contribution is 6.30. The molecule has 0 saturated carbocycles. The van der Waals surface area contributed by atoms with Crippen LogP contribution in [0.4, 0.5) is 11.4 Å². The lowest BCUT2D eigenvalue weighted by Gasteiger charge is -2.17. The topological polar surface area (TPSA) is 91.4 Å². The molecule has 0 bridgehead atoms. The molecule has 2 N–H and O–H groups in total. The lowest BCUT2D eigenvalue weighted by atomic mass is 10.1. The standard InChI is InChI=1S/C22H19ClN4O3/c1-27(14-20(28)25-19-9-3-7-17(23)12-19)22(30)15-5-2-8-18(11-15)26-21(29)16-6-4-10-24-13-16/h2-13H,14H2,1H3,(H,25,28)(H,26,29). The van der Waals surface area contributed by atoms with E-state index in [1.165, 1.54) is 18.1 Å². The predicted molar refractivity (Wildman–Crippen MR) is 116 cm³/mol. The highest BCUT2D eigenvalue weighted by Gasteiger charge is 2.16. The number of likely N-dealkylation sites (N-methyl/N-ethyl adjacent to an activating group) is 1. The maximum Gasteiger partial charge on any atom is 0.257 e. The number of pyridine rings is 1. The van der Waals surface area contributed by atoms with Crippen molar-refractivity contribution in [3.05, 3.63) is 89.2 Å². The molecule has 0 aliphatic rings. The van der Waals surface area contributed by atoms with Crippen LogP contribution in [0.5, 0.6) is 0 Å². The molecule has 3 rings (SSSR count). The predicted octanol–water partition coefficient (Wildman–Crippen LogP) is 3.70. The van der Waals surface area contributed by atoms with Crippen LogP contribution in [0.15, 0.2) is 73.1 Å². The Hall–Kier alpha value is -3.71. The summed E-state index contributed by atoms with van der Waals surface area (Å²) in [5.74, 6) is -1.04. The second-order valence-electron chi connectivity index (χ2n) is 6.50. The molecular formula is C22H19ClN4O3. The van der Waals surface area contributed by atoms with E-state index in [4.69, 9.17) is 11.6 Å². The second-order valence-corrected chi connectivity index (χ2v) is 6.93. The first-order chi connectivity index (χ1) is 14.4. The molecule has 1 aromatic heterocycles. The third-order valence-corrected chi connectivity index (χ3v) is 4.36. The van der Waals surface area contributed by atoms with Crippen molar-refractivity contribution in [2.75, 3.05) is 24.2 Å². The van der Waals surface area contributed by atoms with E-state index in [9.17, 15) is 14.4 Å². The smallest absolute Gasteiger partial charge is 0.257 e. The minimum atomic E-state index is -0.353. The van der Waals surface area contributed by atoms with Crippen LogP contribution in [-0.2, 0) is 4.79 Å². The summed E-state index contributed by atoms with van der Waals surface area (Å²) >= 11 is 5.91. The lowest BCUT2D eigenvalue weighted by molar-refractivity contribution is -0.116. The van der Waals surface area contributed by atoms with Crippen LogP contribution < -0.4 is 10.6 Å². The van der Waals surface area contributed by atoms with E-state index in [-0.39, 0.29) is 24.3 Å². The maximum absolute atomic E-state index is 12.7. The molecule has 0 fully saturated rings. The number of carbonyl (C=O) groups is 3. The quantitative estimate of drug-likeness (QED) is 0.633. The first-order valence-electron chi connectivity index (χ1n) is 9.05. The third-order valence-electron chi connectivity index (χ3n) is 4.13. The highest BCUT2D eigenvalue weighted by atomic mass is 35.5. The molecule has 0 spiro atoms. The number of nitrogens with one attached hydrogen (secondary N) is 2. The Balaban J connectivity index is 1.62. The van der Waals surface area contributed by atoms with Gasteiger partial charge in [-0.05, 0) is 48.5 Å². The van der Waals surface area contributed by atoms with Gasteiger partial charge in [0.05, 0.1) is 12.1 Å². The Labute approximate surface area is 178 Å². The van der Waals surface area contributed by atoms with Gasteiger partial charge in [0.15, 0.2) is 0 Å². The van der Waals surface area contributed by atoms with E-state index >= 15 is 0 Å². The zero-order valence-corrected chi connectivity index (χ0v) is 16.9. The Kier molecular flexibility index (Phi) is 6.77. The van der Waals surface area contributed by atoms with Gasteiger partial charge in [-0.3, -0.25) is 19.4 Å². The van der Waals surface area contributed by atoms with Crippen LogP contribution in [0, 0.1) is 0 Å². The molecule has 0 unspecified atom stereocenters. The van der Waals surface area contributed by atoms with Crippen molar-refractivity contribution in [2.45, 2.75) is 0 Å². The molecule has 0 atom stereocenters. The van der Waals surface area contributed by atoms with Crippen molar-refractivity contribution in [2.24, 2.45) is 0 Å². The van der Waals surface area contributed by atoms with Crippen molar-refractivity contribution < 1.29 is 14.4 Å². The van der Waals surface area contributed by atoms with Crippen molar-refractivity contribution in [3.8, 4) is 0 Å². The fourth-order valence-electron chi connectivity index (χ4n) is 2.70. The Bertz CT molecular complexity index is 1070. The van der Waals surface area contributed by atoms with E-state index in [1.54, 1.807) is 66.9 Å². The minimum absolute atomic E-state index is 0.141. The van der Waals surface area contributed by atoms with Crippen molar-refractivity contribution in [1.82, 2.24) is 9.88 Å². The maximum atomic E-state index is 12.7.